The summed E-state index contributed by atoms with van der Waals surface area (Å²) < 4.78 is 83.1. The Morgan fingerprint density at radius 1 is 0.976 bits per heavy atom. The minimum atomic E-state index is -5.60. The van der Waals surface area contributed by atoms with Crippen LogP contribution in [0.15, 0.2) is 65.6 Å². The number of hydrogen-bond acceptors (Lipinski definition) is 5. The number of hydrogen-bond donors (Lipinski definition) is 2. The van der Waals surface area contributed by atoms with E-state index in [9.17, 15) is 31.2 Å². The van der Waals surface area contributed by atoms with Gasteiger partial charge in [-0.3, -0.25) is 9.59 Å². The molecule has 5 rings (SSSR count). The van der Waals surface area contributed by atoms with Gasteiger partial charge in [0, 0.05) is 23.4 Å². The fraction of sp³-hybridized carbons (Fsp3) is 0.333. The summed E-state index contributed by atoms with van der Waals surface area (Å²) in [7, 11) is -4.28. The number of aryl methyl sites for hydroxylation is 1. The maximum atomic E-state index is 15.0. The van der Waals surface area contributed by atoms with Gasteiger partial charge in [0.05, 0.1) is 23.5 Å². The molecule has 2 saturated carbocycles. The third kappa shape index (κ3) is 5.47. The molecule has 2 aliphatic carbocycles. The van der Waals surface area contributed by atoms with Gasteiger partial charge in [-0.05, 0) is 67.9 Å². The van der Waals surface area contributed by atoms with Gasteiger partial charge in [0.1, 0.15) is 11.6 Å². The van der Waals surface area contributed by atoms with E-state index in [0.717, 1.165) is 42.7 Å². The minimum Gasteiger partial charge on any atom is -0.496 e. The molecule has 0 unspecified atom stereocenters. The summed E-state index contributed by atoms with van der Waals surface area (Å²) in [5.74, 6) is -2.46. The number of methoxy groups -OCH3 is 1. The third-order valence-corrected chi connectivity index (χ3v) is 9.58. The molecule has 0 aromatic heterocycles. The van der Waals surface area contributed by atoms with Crippen molar-refractivity contribution in [1.29, 1.82) is 0 Å². The zero-order valence-corrected chi connectivity index (χ0v) is 23.5. The van der Waals surface area contributed by atoms with E-state index in [0.29, 0.717) is 12.0 Å². The van der Waals surface area contributed by atoms with Crippen LogP contribution in [0.3, 0.4) is 0 Å². The van der Waals surface area contributed by atoms with E-state index in [4.69, 9.17) is 4.74 Å². The van der Waals surface area contributed by atoms with Crippen molar-refractivity contribution in [2.75, 3.05) is 12.4 Å². The van der Waals surface area contributed by atoms with Crippen LogP contribution >= 0.6 is 0 Å². The molecule has 2 fully saturated rings. The molecule has 3 aromatic carbocycles. The molecule has 4 atom stereocenters. The molecule has 3 aromatic rings. The maximum Gasteiger partial charge on any atom is 0.501 e. The van der Waals surface area contributed by atoms with Gasteiger partial charge < -0.3 is 15.4 Å². The van der Waals surface area contributed by atoms with Crippen molar-refractivity contribution in [3.05, 3.63) is 77.6 Å². The lowest BCUT2D eigenvalue weighted by Gasteiger charge is -2.31. The molecule has 2 amide bonds. The molecule has 12 heteroatoms. The van der Waals surface area contributed by atoms with Crippen LogP contribution in [0.2, 0.25) is 0 Å². The lowest BCUT2D eigenvalue weighted by molar-refractivity contribution is -0.122. The first-order valence-corrected chi connectivity index (χ1v) is 14.8. The Bertz CT molecular complexity index is 1660. The van der Waals surface area contributed by atoms with Gasteiger partial charge in [-0.2, -0.15) is 13.2 Å². The maximum absolute atomic E-state index is 15.0. The summed E-state index contributed by atoms with van der Waals surface area (Å²) >= 11 is 0. The molecular formula is C30H28F4N2O5S. The largest absolute Gasteiger partial charge is 0.501 e. The zero-order valence-electron chi connectivity index (χ0n) is 22.7. The Balaban J connectivity index is 1.40. The highest BCUT2D eigenvalue weighted by molar-refractivity contribution is 7.92. The number of ether oxygens (including phenoxy) is 1. The molecular weight excluding hydrogens is 576 g/mol. The summed E-state index contributed by atoms with van der Waals surface area (Å²) in [6.07, 6.45) is 2.17. The Kier molecular flexibility index (Phi) is 7.78. The highest BCUT2D eigenvalue weighted by Gasteiger charge is 2.52. The van der Waals surface area contributed by atoms with Crippen LogP contribution in [-0.4, -0.2) is 38.9 Å². The van der Waals surface area contributed by atoms with Crippen molar-refractivity contribution >= 4 is 27.3 Å². The quantitative estimate of drug-likeness (QED) is 0.328. The predicted octanol–water partition coefficient (Wildman–Crippen LogP) is 5.89. The Labute approximate surface area is 240 Å². The van der Waals surface area contributed by atoms with E-state index >= 15 is 4.39 Å². The van der Waals surface area contributed by atoms with Gasteiger partial charge in [0.15, 0.2) is 0 Å². The number of anilines is 1. The fourth-order valence-corrected chi connectivity index (χ4v) is 6.95. The van der Waals surface area contributed by atoms with E-state index < -0.39 is 49.8 Å². The van der Waals surface area contributed by atoms with E-state index in [1.807, 2.05) is 13.0 Å². The summed E-state index contributed by atoms with van der Waals surface area (Å²) in [6.45, 7) is 1.87. The number of carbonyl (C=O) groups is 2. The number of rotatable bonds is 7. The molecule has 42 heavy (non-hydrogen) atoms. The molecule has 2 N–H and O–H groups in total. The Morgan fingerprint density at radius 3 is 2.38 bits per heavy atom. The van der Waals surface area contributed by atoms with Crippen molar-refractivity contribution in [3.8, 4) is 16.9 Å². The molecule has 0 saturated heterocycles. The van der Waals surface area contributed by atoms with Gasteiger partial charge in [-0.15, -0.1) is 0 Å². The standard InChI is InChI=1S/C30H28F4N2O5S/c1-16-5-3-6-17(11-16)22-14-23(25(41-2)15-24(22)31)28(37)36-27-19-10-9-18(12-19)26(27)29(38)35-20-7-4-8-21(13-20)42(39,40)30(32,33)34/h3-8,11,13-15,18-19,26-27H,9-10,12H2,1-2H3,(H,35,38)(H,36,37)/t18-,19+,26+,27-/m1/s1. The first-order chi connectivity index (χ1) is 19.8. The summed E-state index contributed by atoms with van der Waals surface area (Å²) in [4.78, 5) is 26.0. The molecule has 0 heterocycles. The van der Waals surface area contributed by atoms with E-state index in [-0.39, 0.29) is 34.4 Å². The van der Waals surface area contributed by atoms with Crippen LogP contribution in [0.1, 0.15) is 35.2 Å². The van der Waals surface area contributed by atoms with Gasteiger partial charge in [0.2, 0.25) is 5.91 Å². The zero-order chi connectivity index (χ0) is 30.4. The van der Waals surface area contributed by atoms with Crippen molar-refractivity contribution in [2.45, 2.75) is 42.6 Å². The Morgan fingerprint density at radius 2 is 1.69 bits per heavy atom. The highest BCUT2D eigenvalue weighted by Crippen LogP contribution is 2.49. The molecule has 222 valence electrons. The fourth-order valence-electron chi connectivity index (χ4n) is 6.14. The number of fused-ring (bicyclic) bond motifs is 2. The van der Waals surface area contributed by atoms with Crippen LogP contribution in [0.4, 0.5) is 23.2 Å². The number of sulfone groups is 1. The summed E-state index contributed by atoms with van der Waals surface area (Å²) in [6, 6.07) is 13.1. The number of halogens is 4. The Hall–Kier alpha value is -3.93. The number of amides is 2. The van der Waals surface area contributed by atoms with Gasteiger partial charge in [-0.1, -0.05) is 35.9 Å². The topological polar surface area (TPSA) is 102 Å². The molecule has 0 aliphatic heterocycles. The van der Waals surface area contributed by atoms with Crippen LogP contribution < -0.4 is 15.4 Å². The molecule has 2 bridgehead atoms. The molecule has 0 radical (unpaired) electrons. The van der Waals surface area contributed by atoms with Crippen LogP contribution in [0, 0.1) is 30.5 Å². The van der Waals surface area contributed by atoms with Crippen LogP contribution in [0.5, 0.6) is 5.75 Å². The number of nitrogens with one attached hydrogen (secondary N) is 2. The van der Waals surface area contributed by atoms with Crippen molar-refractivity contribution in [2.24, 2.45) is 17.8 Å². The van der Waals surface area contributed by atoms with Crippen molar-refractivity contribution < 1.29 is 40.3 Å². The van der Waals surface area contributed by atoms with Crippen LogP contribution in [-0.2, 0) is 14.6 Å². The average molecular weight is 605 g/mol. The lowest BCUT2D eigenvalue weighted by atomic mass is 9.83. The minimum absolute atomic E-state index is 0.0191. The first-order valence-electron chi connectivity index (χ1n) is 13.3. The third-order valence-electron chi connectivity index (χ3n) is 8.10. The normalized spacial score (nSPS) is 21.7. The average Bonchev–Trinajstić information content (AvgIpc) is 3.54. The first kappa shape index (κ1) is 29.6. The van der Waals surface area contributed by atoms with E-state index in [2.05, 4.69) is 10.6 Å². The summed E-state index contributed by atoms with van der Waals surface area (Å²) in [5.41, 5.74) is -3.82. The smallest absolute Gasteiger partial charge is 0.496 e. The number of alkyl halides is 3. The van der Waals surface area contributed by atoms with Crippen molar-refractivity contribution in [3.63, 3.8) is 0 Å². The number of benzene rings is 3. The monoisotopic (exact) mass is 604 g/mol. The predicted molar refractivity (Wildman–Crippen MR) is 147 cm³/mol. The molecule has 0 spiro atoms. The van der Waals surface area contributed by atoms with Crippen molar-refractivity contribution in [1.82, 2.24) is 5.32 Å². The second kappa shape index (κ2) is 11.0. The van der Waals surface area contributed by atoms with Gasteiger partial charge in [-0.25, -0.2) is 12.8 Å². The second-order valence-corrected chi connectivity index (χ2v) is 12.7. The highest BCUT2D eigenvalue weighted by atomic mass is 32.2. The number of carbonyl (C=O) groups excluding carboxylic acids is 2. The van der Waals surface area contributed by atoms with Gasteiger partial charge in [0.25, 0.3) is 15.7 Å². The van der Waals surface area contributed by atoms with E-state index in [1.54, 1.807) is 18.2 Å². The van der Waals surface area contributed by atoms with Gasteiger partial charge >= 0.3 is 5.51 Å². The summed E-state index contributed by atoms with van der Waals surface area (Å²) in [5, 5.41) is 5.48. The van der Waals surface area contributed by atoms with E-state index in [1.165, 1.54) is 19.2 Å². The second-order valence-electron chi connectivity index (χ2n) is 10.7. The molecule has 7 nitrogen and oxygen atoms in total. The lowest BCUT2D eigenvalue weighted by Crippen LogP contribution is -2.48. The molecule has 2 aliphatic rings. The SMILES string of the molecule is COc1cc(F)c(-c2cccc(C)c2)cc1C(=O)N[C@@H]1[C@H]2CC[C@H](C2)[C@@H]1C(=O)Nc1cccc(S(=O)(=O)C(F)(F)F)c1. The van der Waals surface area contributed by atoms with Crippen LogP contribution in [0.25, 0.3) is 11.1 Å².